The van der Waals surface area contributed by atoms with E-state index in [1.165, 1.54) is 12.8 Å². The highest BCUT2D eigenvalue weighted by molar-refractivity contribution is 5.00. The van der Waals surface area contributed by atoms with Gasteiger partial charge in [0.2, 0.25) is 0 Å². The van der Waals surface area contributed by atoms with E-state index in [4.69, 9.17) is 0 Å². The van der Waals surface area contributed by atoms with E-state index in [1.54, 1.807) is 0 Å². The van der Waals surface area contributed by atoms with E-state index in [-0.39, 0.29) is 6.10 Å². The number of hydrogen-bond acceptors (Lipinski definition) is 1. The van der Waals surface area contributed by atoms with Gasteiger partial charge in [-0.05, 0) is 42.4 Å². The standard InChI is InChI=1S/C11H20O/c1-11(2,3)10-7-4-5-8(10)9(12)6-7/h7-10,12H,4-6H2,1-3H3/t7-,8+,9+,10+/m0/s1. The molecular formula is C11H20O. The van der Waals surface area contributed by atoms with Gasteiger partial charge in [-0.1, -0.05) is 20.8 Å². The second kappa shape index (κ2) is 2.47. The zero-order valence-electron chi connectivity index (χ0n) is 8.38. The summed E-state index contributed by atoms with van der Waals surface area (Å²) in [5.74, 6) is 2.23. The van der Waals surface area contributed by atoms with Crippen molar-refractivity contribution in [1.29, 1.82) is 0 Å². The Morgan fingerprint density at radius 1 is 1.17 bits per heavy atom. The zero-order valence-corrected chi connectivity index (χ0v) is 8.38. The van der Waals surface area contributed by atoms with Crippen LogP contribution in [0.1, 0.15) is 40.0 Å². The molecule has 2 aliphatic rings. The van der Waals surface area contributed by atoms with Crippen molar-refractivity contribution in [2.45, 2.75) is 46.1 Å². The summed E-state index contributed by atoms with van der Waals surface area (Å²) in [6, 6.07) is 0. The van der Waals surface area contributed by atoms with Gasteiger partial charge in [-0.2, -0.15) is 0 Å². The first-order valence-electron chi connectivity index (χ1n) is 5.18. The molecule has 0 amide bonds. The van der Waals surface area contributed by atoms with Gasteiger partial charge in [0.15, 0.2) is 0 Å². The Bertz CT molecular complexity index is 180. The van der Waals surface area contributed by atoms with E-state index < -0.39 is 0 Å². The fourth-order valence-electron chi connectivity index (χ4n) is 3.65. The number of aliphatic hydroxyl groups is 1. The normalized spacial score (nSPS) is 47.0. The third-order valence-electron chi connectivity index (χ3n) is 3.88. The van der Waals surface area contributed by atoms with Crippen LogP contribution in [0.5, 0.6) is 0 Å². The van der Waals surface area contributed by atoms with E-state index in [0.717, 1.165) is 18.3 Å². The molecular weight excluding hydrogens is 148 g/mol. The lowest BCUT2D eigenvalue weighted by atomic mass is 9.74. The molecule has 1 nitrogen and oxygen atoms in total. The molecule has 0 unspecified atom stereocenters. The third kappa shape index (κ3) is 1.10. The molecule has 0 spiro atoms. The monoisotopic (exact) mass is 168 g/mol. The van der Waals surface area contributed by atoms with Crippen molar-refractivity contribution < 1.29 is 5.11 Å². The second-order valence-corrected chi connectivity index (χ2v) is 5.70. The van der Waals surface area contributed by atoms with Gasteiger partial charge in [0, 0.05) is 0 Å². The highest BCUT2D eigenvalue weighted by atomic mass is 16.3. The van der Waals surface area contributed by atoms with Crippen molar-refractivity contribution in [1.82, 2.24) is 0 Å². The molecule has 2 rings (SSSR count). The van der Waals surface area contributed by atoms with Crippen LogP contribution in [-0.2, 0) is 0 Å². The molecule has 4 atom stereocenters. The SMILES string of the molecule is CC(C)(C)[C@@H]1[C@H]2CC[C@@H]1[C@H](O)C2. The van der Waals surface area contributed by atoms with Crippen LogP contribution in [-0.4, -0.2) is 11.2 Å². The minimum absolute atomic E-state index is 0.0213. The maximum atomic E-state index is 9.75. The van der Waals surface area contributed by atoms with Gasteiger partial charge in [-0.25, -0.2) is 0 Å². The summed E-state index contributed by atoms with van der Waals surface area (Å²) in [7, 11) is 0. The van der Waals surface area contributed by atoms with Gasteiger partial charge in [0.1, 0.15) is 0 Å². The third-order valence-corrected chi connectivity index (χ3v) is 3.88. The van der Waals surface area contributed by atoms with Crippen molar-refractivity contribution in [3.05, 3.63) is 0 Å². The second-order valence-electron chi connectivity index (χ2n) is 5.70. The van der Waals surface area contributed by atoms with Gasteiger partial charge >= 0.3 is 0 Å². The van der Waals surface area contributed by atoms with Gasteiger partial charge < -0.3 is 5.11 Å². The lowest BCUT2D eigenvalue weighted by Gasteiger charge is -2.31. The van der Waals surface area contributed by atoms with Crippen molar-refractivity contribution in [2.75, 3.05) is 0 Å². The van der Waals surface area contributed by atoms with Crippen LogP contribution >= 0.6 is 0 Å². The summed E-state index contributed by atoms with van der Waals surface area (Å²) >= 11 is 0. The molecule has 0 aromatic carbocycles. The maximum Gasteiger partial charge on any atom is 0.0574 e. The molecule has 2 fully saturated rings. The largest absolute Gasteiger partial charge is 0.393 e. The van der Waals surface area contributed by atoms with E-state index in [2.05, 4.69) is 20.8 Å². The van der Waals surface area contributed by atoms with E-state index in [1.807, 2.05) is 0 Å². The molecule has 70 valence electrons. The topological polar surface area (TPSA) is 20.2 Å². The quantitative estimate of drug-likeness (QED) is 0.589. The van der Waals surface area contributed by atoms with Crippen molar-refractivity contribution in [3.63, 3.8) is 0 Å². The molecule has 0 aromatic heterocycles. The number of rotatable bonds is 0. The van der Waals surface area contributed by atoms with Crippen LogP contribution in [0.15, 0.2) is 0 Å². The Kier molecular flexibility index (Phi) is 1.76. The van der Waals surface area contributed by atoms with Gasteiger partial charge in [0.25, 0.3) is 0 Å². The fraction of sp³-hybridized carbons (Fsp3) is 1.00. The van der Waals surface area contributed by atoms with Crippen LogP contribution in [0.25, 0.3) is 0 Å². The van der Waals surface area contributed by atoms with E-state index in [0.29, 0.717) is 11.3 Å². The zero-order chi connectivity index (χ0) is 8.93. The maximum absolute atomic E-state index is 9.75. The summed E-state index contributed by atoms with van der Waals surface area (Å²) in [5.41, 5.74) is 0.406. The molecule has 0 heterocycles. The lowest BCUT2D eigenvalue weighted by molar-refractivity contribution is 0.0889. The van der Waals surface area contributed by atoms with Crippen LogP contribution in [0.4, 0.5) is 0 Å². The molecule has 2 saturated carbocycles. The summed E-state index contributed by atoms with van der Waals surface area (Å²) in [4.78, 5) is 0. The first-order valence-corrected chi connectivity index (χ1v) is 5.18. The Morgan fingerprint density at radius 2 is 1.83 bits per heavy atom. The highest BCUT2D eigenvalue weighted by Crippen LogP contribution is 2.56. The Morgan fingerprint density at radius 3 is 2.08 bits per heavy atom. The average molecular weight is 168 g/mol. The molecule has 2 bridgehead atoms. The lowest BCUT2D eigenvalue weighted by Crippen LogP contribution is -2.26. The molecule has 0 aliphatic heterocycles. The first kappa shape index (κ1) is 8.55. The Hall–Kier alpha value is -0.0400. The molecule has 12 heavy (non-hydrogen) atoms. The van der Waals surface area contributed by atoms with Gasteiger partial charge in [-0.3, -0.25) is 0 Å². The molecule has 0 saturated heterocycles. The van der Waals surface area contributed by atoms with Crippen LogP contribution < -0.4 is 0 Å². The van der Waals surface area contributed by atoms with E-state index >= 15 is 0 Å². The average Bonchev–Trinajstić information content (AvgIpc) is 2.39. The molecule has 2 aliphatic carbocycles. The summed E-state index contributed by atoms with van der Waals surface area (Å²) in [5, 5.41) is 9.75. The fourth-order valence-corrected chi connectivity index (χ4v) is 3.65. The number of aliphatic hydroxyl groups excluding tert-OH is 1. The molecule has 1 N–H and O–H groups in total. The van der Waals surface area contributed by atoms with Crippen molar-refractivity contribution in [2.24, 2.45) is 23.2 Å². The minimum Gasteiger partial charge on any atom is -0.393 e. The predicted octanol–water partition coefficient (Wildman–Crippen LogP) is 2.44. The summed E-state index contributed by atoms with van der Waals surface area (Å²) < 4.78 is 0. The van der Waals surface area contributed by atoms with E-state index in [9.17, 15) is 5.11 Å². The number of fused-ring (bicyclic) bond motifs is 2. The van der Waals surface area contributed by atoms with Crippen LogP contribution in [0.2, 0.25) is 0 Å². The smallest absolute Gasteiger partial charge is 0.0574 e. The molecule has 1 heteroatoms. The summed E-state index contributed by atoms with van der Waals surface area (Å²) in [6.07, 6.45) is 3.73. The first-order chi connectivity index (χ1) is 5.50. The highest BCUT2D eigenvalue weighted by Gasteiger charge is 2.51. The minimum atomic E-state index is 0.0213. The summed E-state index contributed by atoms with van der Waals surface area (Å²) in [6.45, 7) is 6.96. The van der Waals surface area contributed by atoms with Crippen molar-refractivity contribution >= 4 is 0 Å². The van der Waals surface area contributed by atoms with Gasteiger partial charge in [0.05, 0.1) is 6.10 Å². The number of hydrogen-bond donors (Lipinski definition) is 1. The predicted molar refractivity (Wildman–Crippen MR) is 49.8 cm³/mol. The van der Waals surface area contributed by atoms with Crippen LogP contribution in [0, 0.1) is 23.2 Å². The Labute approximate surface area is 75.2 Å². The van der Waals surface area contributed by atoms with Crippen molar-refractivity contribution in [3.8, 4) is 0 Å². The molecule has 0 radical (unpaired) electrons. The Balaban J connectivity index is 2.19. The van der Waals surface area contributed by atoms with Gasteiger partial charge in [-0.15, -0.1) is 0 Å². The molecule has 0 aromatic rings. The van der Waals surface area contributed by atoms with Crippen LogP contribution in [0.3, 0.4) is 0 Å².